The molecule has 2 amide bonds. The number of esters is 4. The quantitative estimate of drug-likeness (QED) is 0.148. The first-order valence-electron chi connectivity index (χ1n) is 14.3. The van der Waals surface area contributed by atoms with Crippen LogP contribution >= 0.6 is 22.7 Å². The van der Waals surface area contributed by atoms with E-state index >= 15 is 17.6 Å². The molecular formula is C30H36F4N2O10S2. The topological polar surface area (TPSA) is 163 Å². The predicted octanol–water partition coefficient (Wildman–Crippen LogP) is 6.54. The standard InChI is InChI=1S/C30H36F4N2O10S2/c1-11-43-21(37)15-13(3)17(23(39)45-27(5,6)7)47-19(15)35-25(41)29(31,32)30(33,34)26(42)36-20-16(22(38)44-12-2)14(4)18(48-20)24(40)46-28(8,9)10/h11-12H2,1-10H3,(H,35,41)(H,36,42). The minimum absolute atomic E-state index is 0.142. The summed E-state index contributed by atoms with van der Waals surface area (Å²) in [5.74, 6) is -21.3. The number of anilines is 2. The zero-order valence-corrected chi connectivity index (χ0v) is 29.5. The van der Waals surface area contributed by atoms with Gasteiger partial charge in [0, 0.05) is 0 Å². The molecule has 0 saturated heterocycles. The van der Waals surface area contributed by atoms with Crippen molar-refractivity contribution in [3.8, 4) is 0 Å². The molecule has 2 heterocycles. The first-order chi connectivity index (χ1) is 21.8. The number of amides is 2. The summed E-state index contributed by atoms with van der Waals surface area (Å²) in [6.07, 6.45) is 0. The maximum Gasteiger partial charge on any atom is 0.396 e. The zero-order chi connectivity index (χ0) is 37.2. The van der Waals surface area contributed by atoms with E-state index in [4.69, 9.17) is 18.9 Å². The Labute approximate surface area is 281 Å². The second-order valence-electron chi connectivity index (χ2n) is 12.0. The van der Waals surface area contributed by atoms with Gasteiger partial charge in [-0.1, -0.05) is 0 Å². The van der Waals surface area contributed by atoms with Crippen molar-refractivity contribution in [3.05, 3.63) is 32.0 Å². The van der Waals surface area contributed by atoms with Crippen molar-refractivity contribution in [2.45, 2.75) is 92.3 Å². The third kappa shape index (κ3) is 8.89. The molecule has 266 valence electrons. The van der Waals surface area contributed by atoms with Crippen molar-refractivity contribution < 1.29 is 65.3 Å². The highest BCUT2D eigenvalue weighted by molar-refractivity contribution is 7.19. The van der Waals surface area contributed by atoms with Gasteiger partial charge in [0.15, 0.2) is 0 Å². The summed E-state index contributed by atoms with van der Waals surface area (Å²) in [4.78, 5) is 75.6. The molecule has 2 rings (SSSR count). The molecule has 0 aliphatic carbocycles. The number of ether oxygens (including phenoxy) is 4. The van der Waals surface area contributed by atoms with Gasteiger partial charge >= 0.3 is 47.5 Å². The molecule has 0 aliphatic heterocycles. The molecule has 0 unspecified atom stereocenters. The van der Waals surface area contributed by atoms with Crippen molar-refractivity contribution in [2.75, 3.05) is 23.8 Å². The summed E-state index contributed by atoms with van der Waals surface area (Å²) in [6, 6.07) is 0. The predicted molar refractivity (Wildman–Crippen MR) is 168 cm³/mol. The average molecular weight is 725 g/mol. The van der Waals surface area contributed by atoms with Gasteiger partial charge in [0.05, 0.1) is 24.3 Å². The van der Waals surface area contributed by atoms with Gasteiger partial charge in [-0.2, -0.15) is 17.6 Å². The van der Waals surface area contributed by atoms with Crippen LogP contribution in [0.2, 0.25) is 0 Å². The van der Waals surface area contributed by atoms with Crippen molar-refractivity contribution in [3.63, 3.8) is 0 Å². The fraction of sp³-hybridized carbons (Fsp3) is 0.533. The van der Waals surface area contributed by atoms with Gasteiger partial charge in [0.1, 0.15) is 31.0 Å². The Kier molecular flexibility index (Phi) is 12.2. The Bertz CT molecular complexity index is 1500. The van der Waals surface area contributed by atoms with E-state index in [1.165, 1.54) is 79.9 Å². The van der Waals surface area contributed by atoms with Crippen LogP contribution in [0.1, 0.15) is 107 Å². The van der Waals surface area contributed by atoms with Gasteiger partial charge in [0.2, 0.25) is 0 Å². The zero-order valence-electron chi connectivity index (χ0n) is 27.8. The lowest BCUT2D eigenvalue weighted by Gasteiger charge is -2.24. The number of halogens is 4. The fourth-order valence-corrected chi connectivity index (χ4v) is 5.92. The number of hydrogen-bond acceptors (Lipinski definition) is 12. The van der Waals surface area contributed by atoms with Crippen molar-refractivity contribution >= 4 is 68.4 Å². The molecule has 18 heteroatoms. The Hall–Kier alpha value is -4.06. The average Bonchev–Trinajstić information content (AvgIpc) is 3.42. The Balaban J connectivity index is 2.52. The molecule has 0 aliphatic rings. The first-order valence-corrected chi connectivity index (χ1v) is 15.9. The molecule has 2 N–H and O–H groups in total. The van der Waals surface area contributed by atoms with Crippen LogP contribution in [-0.4, -0.2) is 72.0 Å². The molecule has 0 bridgehead atoms. The van der Waals surface area contributed by atoms with Crippen molar-refractivity contribution in [1.82, 2.24) is 0 Å². The molecule has 12 nitrogen and oxygen atoms in total. The summed E-state index contributed by atoms with van der Waals surface area (Å²) in [7, 11) is 0. The molecule has 0 radical (unpaired) electrons. The van der Waals surface area contributed by atoms with Crippen LogP contribution in [0.4, 0.5) is 27.6 Å². The highest BCUT2D eigenvalue weighted by Crippen LogP contribution is 2.41. The van der Waals surface area contributed by atoms with Crippen LogP contribution in [-0.2, 0) is 28.5 Å². The van der Waals surface area contributed by atoms with Crippen LogP contribution in [0.25, 0.3) is 0 Å². The molecule has 0 spiro atoms. The second kappa shape index (κ2) is 14.6. The Morgan fingerprint density at radius 2 is 0.875 bits per heavy atom. The van der Waals surface area contributed by atoms with E-state index in [1.807, 2.05) is 0 Å². The smallest absolute Gasteiger partial charge is 0.396 e. The largest absolute Gasteiger partial charge is 0.462 e. The highest BCUT2D eigenvalue weighted by atomic mass is 32.1. The summed E-state index contributed by atoms with van der Waals surface area (Å²) in [5.41, 5.74) is -3.46. The maximum absolute atomic E-state index is 15.2. The summed E-state index contributed by atoms with van der Waals surface area (Å²) >= 11 is 0.592. The molecule has 0 atom stereocenters. The minimum atomic E-state index is -5.78. The van der Waals surface area contributed by atoms with Gasteiger partial charge in [-0.3, -0.25) is 9.59 Å². The van der Waals surface area contributed by atoms with E-state index in [0.717, 1.165) is 0 Å². The third-order valence-electron chi connectivity index (χ3n) is 5.84. The number of carbonyl (C=O) groups is 6. The highest BCUT2D eigenvalue weighted by Gasteiger charge is 2.67. The van der Waals surface area contributed by atoms with E-state index in [-0.39, 0.29) is 34.1 Å². The van der Waals surface area contributed by atoms with Gasteiger partial charge in [0.25, 0.3) is 0 Å². The van der Waals surface area contributed by atoms with E-state index < -0.39 is 79.9 Å². The first kappa shape index (κ1) is 40.1. The number of carbonyl (C=O) groups excluding carboxylic acids is 6. The van der Waals surface area contributed by atoms with E-state index in [0.29, 0.717) is 22.7 Å². The monoisotopic (exact) mass is 724 g/mol. The Morgan fingerprint density at radius 1 is 0.583 bits per heavy atom. The molecule has 0 saturated carbocycles. The molecule has 48 heavy (non-hydrogen) atoms. The number of rotatable bonds is 11. The van der Waals surface area contributed by atoms with E-state index in [1.54, 1.807) is 0 Å². The van der Waals surface area contributed by atoms with Crippen molar-refractivity contribution in [2.24, 2.45) is 0 Å². The SMILES string of the molecule is CCOC(=O)c1c(NC(=O)C(F)(F)C(F)(F)C(=O)Nc2sc(C(=O)OC(C)(C)C)c(C)c2C(=O)OCC)sc(C(=O)OC(C)(C)C)c1C. The van der Waals surface area contributed by atoms with Crippen LogP contribution in [0.15, 0.2) is 0 Å². The van der Waals surface area contributed by atoms with Crippen LogP contribution < -0.4 is 10.6 Å². The van der Waals surface area contributed by atoms with Crippen LogP contribution in [0.3, 0.4) is 0 Å². The van der Waals surface area contributed by atoms with Gasteiger partial charge < -0.3 is 29.6 Å². The normalized spacial score (nSPS) is 12.2. The molecule has 2 aromatic heterocycles. The fourth-order valence-electron chi connectivity index (χ4n) is 3.79. The minimum Gasteiger partial charge on any atom is -0.462 e. The summed E-state index contributed by atoms with van der Waals surface area (Å²) < 4.78 is 81.0. The summed E-state index contributed by atoms with van der Waals surface area (Å²) in [6.45, 7) is 14.1. The van der Waals surface area contributed by atoms with Crippen LogP contribution in [0, 0.1) is 13.8 Å². The lowest BCUT2D eigenvalue weighted by atomic mass is 10.1. The van der Waals surface area contributed by atoms with E-state index in [9.17, 15) is 28.8 Å². The third-order valence-corrected chi connectivity index (χ3v) is 8.21. The van der Waals surface area contributed by atoms with Gasteiger partial charge in [-0.15, -0.1) is 22.7 Å². The number of alkyl halides is 4. The lowest BCUT2D eigenvalue weighted by Crippen LogP contribution is -2.56. The molecular weight excluding hydrogens is 688 g/mol. The number of hydrogen-bond donors (Lipinski definition) is 2. The van der Waals surface area contributed by atoms with Gasteiger partial charge in [-0.05, 0) is 80.4 Å². The Morgan fingerprint density at radius 3 is 1.12 bits per heavy atom. The van der Waals surface area contributed by atoms with Crippen LogP contribution in [0.5, 0.6) is 0 Å². The molecule has 2 aromatic rings. The molecule has 0 fully saturated rings. The van der Waals surface area contributed by atoms with Gasteiger partial charge in [-0.25, -0.2) is 19.2 Å². The number of thiophene rings is 2. The summed E-state index contributed by atoms with van der Waals surface area (Å²) in [5, 5.41) is 1.55. The van der Waals surface area contributed by atoms with E-state index in [2.05, 4.69) is 0 Å². The number of nitrogens with one attached hydrogen (secondary N) is 2. The second-order valence-corrected chi connectivity index (χ2v) is 14.1. The lowest BCUT2D eigenvalue weighted by molar-refractivity contribution is -0.204. The molecule has 0 aromatic carbocycles. The van der Waals surface area contributed by atoms with Crippen molar-refractivity contribution in [1.29, 1.82) is 0 Å². The maximum atomic E-state index is 15.2.